The molecule has 0 aromatic heterocycles. The number of piperidine rings is 1. The van der Waals surface area contributed by atoms with Crippen molar-refractivity contribution in [3.63, 3.8) is 0 Å². The van der Waals surface area contributed by atoms with Gasteiger partial charge in [0.1, 0.15) is 17.9 Å². The van der Waals surface area contributed by atoms with Crippen molar-refractivity contribution in [3.8, 4) is 0 Å². The Morgan fingerprint density at radius 2 is 2.10 bits per heavy atom. The lowest BCUT2D eigenvalue weighted by Gasteiger charge is -2.46. The van der Waals surface area contributed by atoms with Crippen LogP contribution in [0.25, 0.3) is 0 Å². The normalized spacial score (nSPS) is 24.5. The minimum atomic E-state index is -1.32. The van der Waals surface area contributed by atoms with Crippen molar-refractivity contribution in [1.29, 1.82) is 0 Å². The first-order chi connectivity index (χ1) is 18.5. The standard InChI is InChI=1S/C27H38ClN7O3S/c1-17-13-35-24(29-25(17)33-14-19(15-33)30-27(2,3)16-36)12-22(31-35)23-7-5-6-10-34(23)26(37)20-11-18(28)8-9-21(20)32-39(4)38/h8-9,11-13,19,22-23,30-32,36H,5-7,10,14-16H2,1-4H3. The summed E-state index contributed by atoms with van der Waals surface area (Å²) in [6.07, 6.45) is 8.54. The lowest BCUT2D eigenvalue weighted by atomic mass is 9.94. The highest BCUT2D eigenvalue weighted by Gasteiger charge is 2.40. The second kappa shape index (κ2) is 11.3. The van der Waals surface area contributed by atoms with Gasteiger partial charge in [-0.25, -0.2) is 15.1 Å². The van der Waals surface area contributed by atoms with Crippen LogP contribution >= 0.6 is 11.6 Å². The molecule has 0 radical (unpaired) electrons. The number of aliphatic imine (C=N–C) groups is 1. The molecule has 3 atom stereocenters. The molecule has 12 heteroatoms. The molecule has 2 fully saturated rings. The molecule has 4 aliphatic rings. The molecule has 0 spiro atoms. The Kier molecular flexibility index (Phi) is 8.19. The van der Waals surface area contributed by atoms with Gasteiger partial charge in [-0.1, -0.05) is 11.6 Å². The number of nitrogens with one attached hydrogen (secondary N) is 3. The predicted molar refractivity (Wildman–Crippen MR) is 156 cm³/mol. The van der Waals surface area contributed by atoms with E-state index in [-0.39, 0.29) is 30.1 Å². The first-order valence-corrected chi connectivity index (χ1v) is 15.4. The molecule has 2 saturated heterocycles. The maximum atomic E-state index is 13.8. The van der Waals surface area contributed by atoms with E-state index < -0.39 is 11.4 Å². The third-order valence-electron chi connectivity index (χ3n) is 7.62. The lowest BCUT2D eigenvalue weighted by molar-refractivity contribution is 0.0562. The minimum absolute atomic E-state index is 0.0611. The van der Waals surface area contributed by atoms with Crippen molar-refractivity contribution in [2.45, 2.75) is 63.7 Å². The van der Waals surface area contributed by atoms with E-state index in [2.05, 4.69) is 39.6 Å². The second-order valence-electron chi connectivity index (χ2n) is 11.4. The molecule has 10 nitrogen and oxygen atoms in total. The third-order valence-corrected chi connectivity index (χ3v) is 8.36. The van der Waals surface area contributed by atoms with Crippen LogP contribution in [0.2, 0.25) is 5.02 Å². The van der Waals surface area contributed by atoms with Crippen molar-refractivity contribution in [1.82, 2.24) is 25.6 Å². The van der Waals surface area contributed by atoms with Gasteiger partial charge in [-0.2, -0.15) is 0 Å². The summed E-state index contributed by atoms with van der Waals surface area (Å²) in [4.78, 5) is 23.0. The van der Waals surface area contributed by atoms with Crippen LogP contribution in [-0.4, -0.2) is 92.4 Å². The number of hydrogen-bond donors (Lipinski definition) is 4. The number of halogens is 1. The number of likely N-dealkylation sites (tertiary alicyclic amines) is 2. The third kappa shape index (κ3) is 6.08. The summed E-state index contributed by atoms with van der Waals surface area (Å²) >= 11 is 4.94. The molecule has 0 bridgehead atoms. The second-order valence-corrected chi connectivity index (χ2v) is 12.9. The number of amidine groups is 1. The first-order valence-electron chi connectivity index (χ1n) is 13.4. The minimum Gasteiger partial charge on any atom is -0.593 e. The van der Waals surface area contributed by atoms with Crippen LogP contribution in [0.15, 0.2) is 46.9 Å². The van der Waals surface area contributed by atoms with Crippen LogP contribution in [0.4, 0.5) is 5.69 Å². The fourth-order valence-corrected chi connectivity index (χ4v) is 6.34. The van der Waals surface area contributed by atoms with Gasteiger partial charge in [0.25, 0.3) is 5.91 Å². The predicted octanol–water partition coefficient (Wildman–Crippen LogP) is 2.43. The van der Waals surface area contributed by atoms with E-state index in [1.165, 1.54) is 6.26 Å². The number of carbonyl (C=O) groups excluding carboxylic acids is 1. The molecule has 39 heavy (non-hydrogen) atoms. The number of anilines is 1. The number of aliphatic hydroxyl groups is 1. The zero-order chi connectivity index (χ0) is 27.9. The summed E-state index contributed by atoms with van der Waals surface area (Å²) in [5.74, 6) is 1.66. The van der Waals surface area contributed by atoms with Crippen molar-refractivity contribution in [2.24, 2.45) is 4.99 Å². The van der Waals surface area contributed by atoms with Gasteiger partial charge in [-0.15, -0.1) is 0 Å². The Labute approximate surface area is 238 Å². The fraction of sp³-hybridized carbons (Fsp3) is 0.556. The van der Waals surface area contributed by atoms with E-state index in [4.69, 9.17) is 16.6 Å². The number of hydrazine groups is 1. The molecule has 3 unspecified atom stereocenters. The van der Waals surface area contributed by atoms with E-state index in [1.807, 2.05) is 23.8 Å². The van der Waals surface area contributed by atoms with Crippen molar-refractivity contribution >= 4 is 40.4 Å². The van der Waals surface area contributed by atoms with Crippen molar-refractivity contribution in [3.05, 3.63) is 52.5 Å². The summed E-state index contributed by atoms with van der Waals surface area (Å²) in [5, 5.41) is 15.5. The average molecular weight is 576 g/mol. The summed E-state index contributed by atoms with van der Waals surface area (Å²) < 4.78 is 14.7. The number of rotatable bonds is 7. The molecule has 4 N–H and O–H groups in total. The largest absolute Gasteiger partial charge is 0.593 e. The van der Waals surface area contributed by atoms with Gasteiger partial charge >= 0.3 is 0 Å². The summed E-state index contributed by atoms with van der Waals surface area (Å²) in [7, 11) is 0. The highest BCUT2D eigenvalue weighted by molar-refractivity contribution is 7.92. The van der Waals surface area contributed by atoms with E-state index in [0.717, 1.165) is 49.6 Å². The van der Waals surface area contributed by atoms with Crippen LogP contribution in [0.5, 0.6) is 0 Å². The molecule has 212 valence electrons. The summed E-state index contributed by atoms with van der Waals surface area (Å²) in [5.41, 5.74) is 5.25. The Hall–Kier alpha value is -2.28. The number of nitrogens with zero attached hydrogens (tertiary/aromatic N) is 4. The number of hydrogen-bond acceptors (Lipinski definition) is 9. The monoisotopic (exact) mass is 575 g/mol. The number of carbonyl (C=O) groups is 1. The van der Waals surface area contributed by atoms with E-state index >= 15 is 0 Å². The molecule has 1 aromatic rings. The van der Waals surface area contributed by atoms with E-state index in [1.54, 1.807) is 18.2 Å². The fourth-order valence-electron chi connectivity index (χ4n) is 5.68. The number of benzene rings is 1. The number of aliphatic hydroxyl groups excluding tert-OH is 1. The van der Waals surface area contributed by atoms with Crippen molar-refractivity contribution in [2.75, 3.05) is 37.2 Å². The van der Waals surface area contributed by atoms with Gasteiger partial charge in [0, 0.05) is 48.0 Å². The quantitative estimate of drug-likeness (QED) is 0.366. The van der Waals surface area contributed by atoms with Gasteiger partial charge in [-0.3, -0.25) is 9.80 Å². The molecule has 5 rings (SSSR count). The van der Waals surface area contributed by atoms with Crippen LogP contribution in [0, 0.1) is 0 Å². The van der Waals surface area contributed by atoms with Crippen molar-refractivity contribution < 1.29 is 14.5 Å². The molecule has 1 aromatic carbocycles. The first kappa shape index (κ1) is 28.3. The zero-order valence-corrected chi connectivity index (χ0v) is 24.5. The van der Waals surface area contributed by atoms with Gasteiger partial charge < -0.3 is 24.8 Å². The topological polar surface area (TPSA) is 119 Å². The van der Waals surface area contributed by atoms with Crippen LogP contribution in [-0.2, 0) is 11.4 Å². The number of amides is 1. The highest BCUT2D eigenvalue weighted by Crippen LogP contribution is 2.32. The smallest absolute Gasteiger partial charge is 0.256 e. The summed E-state index contributed by atoms with van der Waals surface area (Å²) in [6, 6.07) is 5.19. The maximum absolute atomic E-state index is 13.8. The SMILES string of the molecule is CC1=CN2NC(C3CCCCN3C(=O)c3cc(Cl)ccc3N[S+](C)[O-])C=C2N=C1N1CC(NC(C)(C)CO)C1. The molecule has 0 aliphatic carbocycles. The van der Waals surface area contributed by atoms with Gasteiger partial charge in [0.05, 0.1) is 41.3 Å². The van der Waals surface area contributed by atoms with E-state index in [0.29, 0.717) is 28.9 Å². The Balaban J connectivity index is 1.32. The maximum Gasteiger partial charge on any atom is 0.256 e. The van der Waals surface area contributed by atoms with Crippen LogP contribution < -0.4 is 15.5 Å². The summed E-state index contributed by atoms with van der Waals surface area (Å²) in [6.45, 7) is 8.46. The molecule has 1 amide bonds. The van der Waals surface area contributed by atoms with Crippen LogP contribution in [0.3, 0.4) is 0 Å². The molecular formula is C27H38ClN7O3S. The Morgan fingerprint density at radius 1 is 1.33 bits per heavy atom. The zero-order valence-electron chi connectivity index (χ0n) is 22.9. The Bertz CT molecular complexity index is 1200. The molecule has 4 heterocycles. The van der Waals surface area contributed by atoms with Gasteiger partial charge in [0.15, 0.2) is 0 Å². The molecule has 4 aliphatic heterocycles. The lowest BCUT2D eigenvalue weighted by Crippen LogP contribution is -2.65. The molecule has 0 saturated carbocycles. The number of fused-ring (bicyclic) bond motifs is 1. The van der Waals surface area contributed by atoms with Crippen LogP contribution in [0.1, 0.15) is 50.4 Å². The average Bonchev–Trinajstić information content (AvgIpc) is 3.28. The molecular weight excluding hydrogens is 538 g/mol. The van der Waals surface area contributed by atoms with Gasteiger partial charge in [-0.05, 0) is 64.3 Å². The Morgan fingerprint density at radius 3 is 2.82 bits per heavy atom. The van der Waals surface area contributed by atoms with Gasteiger partial charge in [0.2, 0.25) is 0 Å². The van der Waals surface area contributed by atoms with E-state index in [9.17, 15) is 14.5 Å². The highest BCUT2D eigenvalue weighted by atomic mass is 35.5.